The van der Waals surface area contributed by atoms with E-state index in [9.17, 15) is 9.59 Å². The summed E-state index contributed by atoms with van der Waals surface area (Å²) in [5.74, 6) is -0.193. The minimum atomic E-state index is -0.193. The van der Waals surface area contributed by atoms with E-state index in [0.29, 0.717) is 21.6 Å². The zero-order valence-electron chi connectivity index (χ0n) is 13.4. The Balaban J connectivity index is 1.71. The van der Waals surface area contributed by atoms with Gasteiger partial charge in [0.25, 0.3) is 5.56 Å². The molecule has 0 saturated carbocycles. The molecule has 2 aromatic carbocycles. The topological polar surface area (TPSA) is 64.0 Å². The van der Waals surface area contributed by atoms with Crippen LogP contribution in [-0.4, -0.2) is 15.5 Å². The van der Waals surface area contributed by atoms with Crippen LogP contribution in [0.4, 0.5) is 5.69 Å². The van der Waals surface area contributed by atoms with Crippen LogP contribution < -0.4 is 10.9 Å². The molecule has 1 N–H and O–H groups in total. The second-order valence-corrected chi connectivity index (χ2v) is 6.99. The van der Waals surface area contributed by atoms with E-state index in [2.05, 4.69) is 26.2 Å². The summed E-state index contributed by atoms with van der Waals surface area (Å²) in [6.07, 6.45) is 1.63. The minimum Gasteiger partial charge on any atom is -0.326 e. The smallest absolute Gasteiger partial charge is 0.261 e. The largest absolute Gasteiger partial charge is 0.326 e. The number of aryl methyl sites for hydroxylation is 2. The van der Waals surface area contributed by atoms with Gasteiger partial charge in [0.2, 0.25) is 5.91 Å². The van der Waals surface area contributed by atoms with E-state index in [4.69, 9.17) is 11.6 Å². The van der Waals surface area contributed by atoms with Gasteiger partial charge < -0.3 is 5.32 Å². The molecule has 1 heterocycles. The molecule has 128 valence electrons. The van der Waals surface area contributed by atoms with Gasteiger partial charge >= 0.3 is 0 Å². The number of carbonyl (C=O) groups is 1. The van der Waals surface area contributed by atoms with E-state index in [0.717, 1.165) is 10.0 Å². The van der Waals surface area contributed by atoms with Crippen molar-refractivity contribution in [1.29, 1.82) is 0 Å². The molecular weight excluding hydrogens is 406 g/mol. The number of fused-ring (bicyclic) bond motifs is 1. The SMILES string of the molecule is Cc1ccc(NC(=O)CCn2cnc3ccc(Br)cc3c2=O)cc1Cl. The van der Waals surface area contributed by atoms with Crippen molar-refractivity contribution in [2.75, 3.05) is 5.32 Å². The number of nitrogens with one attached hydrogen (secondary N) is 1. The van der Waals surface area contributed by atoms with Crippen molar-refractivity contribution in [2.24, 2.45) is 0 Å². The lowest BCUT2D eigenvalue weighted by Crippen LogP contribution is -2.23. The monoisotopic (exact) mass is 419 g/mol. The van der Waals surface area contributed by atoms with E-state index in [1.165, 1.54) is 10.9 Å². The van der Waals surface area contributed by atoms with Gasteiger partial charge in [0.05, 0.1) is 17.2 Å². The molecular formula is C18H15BrClN3O2. The van der Waals surface area contributed by atoms with Gasteiger partial charge in [-0.15, -0.1) is 0 Å². The van der Waals surface area contributed by atoms with Crippen molar-refractivity contribution in [3.8, 4) is 0 Å². The van der Waals surface area contributed by atoms with E-state index >= 15 is 0 Å². The number of benzene rings is 2. The molecule has 0 unspecified atom stereocenters. The molecule has 7 heteroatoms. The molecule has 25 heavy (non-hydrogen) atoms. The van der Waals surface area contributed by atoms with Crippen molar-refractivity contribution in [2.45, 2.75) is 19.9 Å². The molecule has 0 spiro atoms. The molecule has 3 aromatic rings. The van der Waals surface area contributed by atoms with Gasteiger partial charge in [-0.3, -0.25) is 14.2 Å². The maximum Gasteiger partial charge on any atom is 0.261 e. The van der Waals surface area contributed by atoms with Crippen LogP contribution in [0.3, 0.4) is 0 Å². The lowest BCUT2D eigenvalue weighted by molar-refractivity contribution is -0.116. The third-order valence-electron chi connectivity index (χ3n) is 3.82. The van der Waals surface area contributed by atoms with Crippen molar-refractivity contribution in [3.63, 3.8) is 0 Å². The average Bonchev–Trinajstić information content (AvgIpc) is 2.58. The molecule has 5 nitrogen and oxygen atoms in total. The fraction of sp³-hybridized carbons (Fsp3) is 0.167. The van der Waals surface area contributed by atoms with E-state index < -0.39 is 0 Å². The minimum absolute atomic E-state index is 0.159. The third-order valence-corrected chi connectivity index (χ3v) is 4.72. The van der Waals surface area contributed by atoms with Gasteiger partial charge in [-0.1, -0.05) is 33.6 Å². The van der Waals surface area contributed by atoms with E-state index in [1.54, 1.807) is 24.3 Å². The average molecular weight is 421 g/mol. The summed E-state index contributed by atoms with van der Waals surface area (Å²) >= 11 is 9.40. The Bertz CT molecular complexity index is 1020. The second-order valence-electron chi connectivity index (χ2n) is 5.67. The van der Waals surface area contributed by atoms with Gasteiger partial charge in [0.15, 0.2) is 0 Å². The first kappa shape index (κ1) is 17.6. The second kappa shape index (κ2) is 7.37. The Morgan fingerprint density at radius 3 is 2.84 bits per heavy atom. The van der Waals surface area contributed by atoms with Gasteiger partial charge in [0.1, 0.15) is 0 Å². The Kier molecular flexibility index (Phi) is 5.20. The zero-order chi connectivity index (χ0) is 18.0. The molecule has 0 aliphatic heterocycles. The molecule has 3 rings (SSSR count). The molecule has 0 bridgehead atoms. The van der Waals surface area contributed by atoms with Crippen molar-refractivity contribution < 1.29 is 4.79 Å². The number of carbonyl (C=O) groups excluding carboxylic acids is 1. The van der Waals surface area contributed by atoms with Crippen molar-refractivity contribution in [3.05, 3.63) is 68.1 Å². The van der Waals surface area contributed by atoms with Crippen molar-refractivity contribution in [1.82, 2.24) is 9.55 Å². The molecule has 0 aliphatic rings. The summed E-state index contributed by atoms with van der Waals surface area (Å²) < 4.78 is 2.25. The highest BCUT2D eigenvalue weighted by molar-refractivity contribution is 9.10. The molecule has 1 aromatic heterocycles. The highest BCUT2D eigenvalue weighted by Crippen LogP contribution is 2.20. The van der Waals surface area contributed by atoms with Gasteiger partial charge in [-0.25, -0.2) is 4.98 Å². The lowest BCUT2D eigenvalue weighted by Gasteiger charge is -2.09. The van der Waals surface area contributed by atoms with Crippen LogP contribution in [-0.2, 0) is 11.3 Å². The Morgan fingerprint density at radius 2 is 2.08 bits per heavy atom. The first-order valence-corrected chi connectivity index (χ1v) is 8.82. The Labute approximate surface area is 157 Å². The molecule has 0 radical (unpaired) electrons. The van der Waals surface area contributed by atoms with E-state index in [1.807, 2.05) is 19.1 Å². The molecule has 1 amide bonds. The third kappa shape index (κ3) is 4.08. The summed E-state index contributed by atoms with van der Waals surface area (Å²) in [5, 5.41) is 3.89. The van der Waals surface area contributed by atoms with Crippen LogP contribution in [0.1, 0.15) is 12.0 Å². The molecule has 0 aliphatic carbocycles. The molecule has 0 fully saturated rings. The Hall–Kier alpha value is -2.18. The van der Waals surface area contributed by atoms with Crippen LogP contribution in [0.15, 0.2) is 52.0 Å². The maximum absolute atomic E-state index is 12.5. The standard InChI is InChI=1S/C18H15BrClN3O2/c1-11-2-4-13(9-15(11)20)22-17(24)6-7-23-10-21-16-5-3-12(19)8-14(16)18(23)25/h2-5,8-10H,6-7H2,1H3,(H,22,24). The number of nitrogens with zero attached hydrogens (tertiary/aromatic N) is 2. The fourth-order valence-electron chi connectivity index (χ4n) is 2.41. The number of anilines is 1. The highest BCUT2D eigenvalue weighted by Gasteiger charge is 2.08. The first-order chi connectivity index (χ1) is 11.9. The number of hydrogen-bond acceptors (Lipinski definition) is 3. The number of hydrogen-bond donors (Lipinski definition) is 1. The van der Waals surface area contributed by atoms with Gasteiger partial charge in [-0.2, -0.15) is 0 Å². The first-order valence-electron chi connectivity index (χ1n) is 7.65. The van der Waals surface area contributed by atoms with Crippen LogP contribution in [0.2, 0.25) is 5.02 Å². The van der Waals surface area contributed by atoms with Gasteiger partial charge in [0, 0.05) is 28.1 Å². The maximum atomic E-state index is 12.5. The highest BCUT2D eigenvalue weighted by atomic mass is 79.9. The summed E-state index contributed by atoms with van der Waals surface area (Å²) in [7, 11) is 0. The van der Waals surface area contributed by atoms with E-state index in [-0.39, 0.29) is 24.4 Å². The van der Waals surface area contributed by atoms with Crippen LogP contribution in [0, 0.1) is 6.92 Å². The molecule has 0 saturated heterocycles. The number of rotatable bonds is 4. The Morgan fingerprint density at radius 1 is 1.28 bits per heavy atom. The predicted molar refractivity (Wildman–Crippen MR) is 103 cm³/mol. The summed E-state index contributed by atoms with van der Waals surface area (Å²) in [6, 6.07) is 10.7. The van der Waals surface area contributed by atoms with Crippen LogP contribution in [0.25, 0.3) is 10.9 Å². The summed E-state index contributed by atoms with van der Waals surface area (Å²) in [6.45, 7) is 2.14. The van der Waals surface area contributed by atoms with Crippen molar-refractivity contribution >= 4 is 50.0 Å². The quantitative estimate of drug-likeness (QED) is 0.689. The summed E-state index contributed by atoms with van der Waals surface area (Å²) in [5.41, 5.74) is 2.04. The van der Waals surface area contributed by atoms with Crippen LogP contribution in [0.5, 0.6) is 0 Å². The number of aromatic nitrogens is 2. The number of halogens is 2. The number of amides is 1. The lowest BCUT2D eigenvalue weighted by atomic mass is 10.2. The van der Waals surface area contributed by atoms with Crippen LogP contribution >= 0.6 is 27.5 Å². The van der Waals surface area contributed by atoms with Gasteiger partial charge in [-0.05, 0) is 42.8 Å². The zero-order valence-corrected chi connectivity index (χ0v) is 15.8. The predicted octanol–water partition coefficient (Wildman–Crippen LogP) is 4.15. The normalized spacial score (nSPS) is 10.8. The summed E-state index contributed by atoms with van der Waals surface area (Å²) in [4.78, 5) is 28.9. The fourth-order valence-corrected chi connectivity index (χ4v) is 2.95. The molecule has 0 atom stereocenters.